The van der Waals surface area contributed by atoms with E-state index in [0.29, 0.717) is 18.7 Å². The highest BCUT2D eigenvalue weighted by Crippen LogP contribution is 2.38. The van der Waals surface area contributed by atoms with Crippen molar-refractivity contribution in [3.05, 3.63) is 87.6 Å². The van der Waals surface area contributed by atoms with Crippen LogP contribution in [0.25, 0.3) is 0 Å². The van der Waals surface area contributed by atoms with Crippen LogP contribution < -0.4 is 4.74 Å². The zero-order valence-electron chi connectivity index (χ0n) is 18.5. The molecule has 2 amide bonds. The summed E-state index contributed by atoms with van der Waals surface area (Å²) in [4.78, 5) is 31.6. The summed E-state index contributed by atoms with van der Waals surface area (Å²) in [5.41, 5.74) is 2.84. The summed E-state index contributed by atoms with van der Waals surface area (Å²) >= 11 is 1.74. The molecule has 2 heterocycles. The summed E-state index contributed by atoms with van der Waals surface area (Å²) in [7, 11) is 1.65. The number of methoxy groups -OCH3 is 1. The van der Waals surface area contributed by atoms with Gasteiger partial charge in [-0.05, 0) is 59.7 Å². The van der Waals surface area contributed by atoms with Crippen molar-refractivity contribution in [2.45, 2.75) is 25.8 Å². The molecule has 3 aromatic rings. The van der Waals surface area contributed by atoms with Crippen LogP contribution in [0.15, 0.2) is 66.0 Å². The fourth-order valence-corrected chi connectivity index (χ4v) is 5.17. The van der Waals surface area contributed by atoms with Crippen LogP contribution in [0.3, 0.4) is 0 Å². The van der Waals surface area contributed by atoms with Crippen molar-refractivity contribution in [3.63, 3.8) is 0 Å². The molecule has 1 aliphatic rings. The second-order valence-electron chi connectivity index (χ2n) is 7.90. The minimum Gasteiger partial charge on any atom is -0.497 e. The van der Waals surface area contributed by atoms with Crippen LogP contribution >= 0.6 is 11.3 Å². The topological polar surface area (TPSA) is 49.9 Å². The van der Waals surface area contributed by atoms with Crippen molar-refractivity contribution < 1.29 is 14.3 Å². The van der Waals surface area contributed by atoms with Crippen molar-refractivity contribution >= 4 is 23.2 Å². The Balaban J connectivity index is 1.60. The lowest BCUT2D eigenvalue weighted by atomic mass is 9.93. The Morgan fingerprint density at radius 1 is 1.09 bits per heavy atom. The number of rotatable bonds is 7. The van der Waals surface area contributed by atoms with Crippen LogP contribution in [0, 0.1) is 0 Å². The number of carbonyl (C=O) groups excluding carboxylic acids is 2. The van der Waals surface area contributed by atoms with Gasteiger partial charge in [-0.25, -0.2) is 0 Å². The second-order valence-corrected chi connectivity index (χ2v) is 8.91. The zero-order valence-corrected chi connectivity index (χ0v) is 19.3. The van der Waals surface area contributed by atoms with Crippen LogP contribution in [0.4, 0.5) is 0 Å². The Morgan fingerprint density at radius 3 is 2.53 bits per heavy atom. The molecule has 1 aromatic heterocycles. The summed E-state index contributed by atoms with van der Waals surface area (Å²) in [6, 6.07) is 19.1. The first-order valence-corrected chi connectivity index (χ1v) is 11.8. The highest BCUT2D eigenvalue weighted by atomic mass is 32.1. The van der Waals surface area contributed by atoms with Crippen molar-refractivity contribution in [1.82, 2.24) is 9.80 Å². The molecule has 6 heteroatoms. The summed E-state index contributed by atoms with van der Waals surface area (Å²) in [5.74, 6) is 0.658. The Labute approximate surface area is 193 Å². The van der Waals surface area contributed by atoms with Gasteiger partial charge < -0.3 is 14.5 Å². The van der Waals surface area contributed by atoms with Gasteiger partial charge in [0.25, 0.3) is 5.91 Å². The van der Waals surface area contributed by atoms with Gasteiger partial charge in [-0.2, -0.15) is 0 Å². The molecule has 1 aliphatic heterocycles. The van der Waals surface area contributed by atoms with E-state index in [1.54, 1.807) is 35.5 Å². The molecular weight excluding hydrogens is 420 g/mol. The lowest BCUT2D eigenvalue weighted by Gasteiger charge is -2.37. The first-order valence-electron chi connectivity index (χ1n) is 11.0. The summed E-state index contributed by atoms with van der Waals surface area (Å²) in [6.07, 6.45) is 1.63. The fraction of sp³-hybridized carbons (Fsp3) is 0.308. The normalized spacial score (nSPS) is 15.2. The number of hydrogen-bond acceptors (Lipinski definition) is 4. The summed E-state index contributed by atoms with van der Waals surface area (Å²) in [5, 5.41) is 2.09. The zero-order chi connectivity index (χ0) is 22.5. The maximum absolute atomic E-state index is 13.6. The minimum absolute atomic E-state index is 0.0274. The van der Waals surface area contributed by atoms with E-state index in [9.17, 15) is 9.59 Å². The van der Waals surface area contributed by atoms with Gasteiger partial charge >= 0.3 is 0 Å². The SMILES string of the molecule is CCCN(CC(=O)N1CCc2sccc2C1c1ccc(OC)cc1)C(=O)c1ccccc1. The van der Waals surface area contributed by atoms with E-state index in [0.717, 1.165) is 24.2 Å². The third kappa shape index (κ3) is 4.55. The average molecular weight is 449 g/mol. The molecule has 2 aromatic carbocycles. The number of benzene rings is 2. The van der Waals surface area contributed by atoms with Crippen LogP contribution in [0.1, 0.15) is 45.7 Å². The van der Waals surface area contributed by atoms with E-state index < -0.39 is 0 Å². The summed E-state index contributed by atoms with van der Waals surface area (Å²) in [6.45, 7) is 3.29. The standard InChI is InChI=1S/C26H28N2O3S/c1-3-15-27(26(30)20-7-5-4-6-8-20)18-24(29)28-16-13-23-22(14-17-32-23)25(28)19-9-11-21(31-2)12-10-19/h4-12,14,17,25H,3,13,15-16,18H2,1-2H3. The van der Waals surface area contributed by atoms with Crippen molar-refractivity contribution in [2.24, 2.45) is 0 Å². The number of fused-ring (bicyclic) bond motifs is 1. The maximum Gasteiger partial charge on any atom is 0.254 e. The van der Waals surface area contributed by atoms with Crippen LogP contribution in [0.2, 0.25) is 0 Å². The molecule has 5 nitrogen and oxygen atoms in total. The molecule has 0 spiro atoms. The van der Waals surface area contributed by atoms with Crippen LogP contribution in [0.5, 0.6) is 5.75 Å². The van der Waals surface area contributed by atoms with E-state index in [2.05, 4.69) is 11.4 Å². The predicted octanol–water partition coefficient (Wildman–Crippen LogP) is 4.78. The predicted molar refractivity (Wildman–Crippen MR) is 127 cm³/mol. The molecule has 0 saturated carbocycles. The molecule has 1 atom stereocenters. The Kier molecular flexibility index (Phi) is 6.90. The monoisotopic (exact) mass is 448 g/mol. The highest BCUT2D eigenvalue weighted by Gasteiger charge is 2.34. The molecule has 0 radical (unpaired) electrons. The van der Waals surface area contributed by atoms with Gasteiger partial charge in [0.05, 0.1) is 13.2 Å². The molecular formula is C26H28N2O3S. The van der Waals surface area contributed by atoms with Gasteiger partial charge in [-0.15, -0.1) is 11.3 Å². The van der Waals surface area contributed by atoms with Gasteiger partial charge in [-0.3, -0.25) is 9.59 Å². The Morgan fingerprint density at radius 2 is 1.84 bits per heavy atom. The van der Waals surface area contributed by atoms with Crippen LogP contribution in [-0.4, -0.2) is 48.4 Å². The van der Waals surface area contributed by atoms with E-state index in [4.69, 9.17) is 4.74 Å². The molecule has 0 bridgehead atoms. The van der Waals surface area contributed by atoms with E-state index in [1.165, 1.54) is 10.4 Å². The quantitative estimate of drug-likeness (QED) is 0.523. The van der Waals surface area contributed by atoms with E-state index in [1.807, 2.05) is 54.3 Å². The largest absolute Gasteiger partial charge is 0.497 e. The third-order valence-electron chi connectivity index (χ3n) is 5.85. The average Bonchev–Trinajstić information content (AvgIpc) is 3.32. The molecule has 0 N–H and O–H groups in total. The van der Waals surface area contributed by atoms with Gasteiger partial charge in [-0.1, -0.05) is 37.3 Å². The molecule has 166 valence electrons. The van der Waals surface area contributed by atoms with Gasteiger partial charge in [0, 0.05) is 23.5 Å². The highest BCUT2D eigenvalue weighted by molar-refractivity contribution is 7.10. The molecule has 32 heavy (non-hydrogen) atoms. The lowest BCUT2D eigenvalue weighted by molar-refractivity contribution is -0.134. The number of ether oxygens (including phenoxy) is 1. The second kappa shape index (κ2) is 10.0. The molecule has 0 saturated heterocycles. The molecule has 1 unspecified atom stereocenters. The Hall–Kier alpha value is -3.12. The Bertz CT molecular complexity index is 1060. The number of carbonyl (C=O) groups is 2. The van der Waals surface area contributed by atoms with E-state index in [-0.39, 0.29) is 24.4 Å². The first kappa shape index (κ1) is 22.1. The van der Waals surface area contributed by atoms with E-state index >= 15 is 0 Å². The number of thiophene rings is 1. The maximum atomic E-state index is 13.6. The number of nitrogens with zero attached hydrogens (tertiary/aromatic N) is 2. The smallest absolute Gasteiger partial charge is 0.254 e. The van der Waals surface area contributed by atoms with Gasteiger partial charge in [0.2, 0.25) is 5.91 Å². The molecule has 0 fully saturated rings. The number of hydrogen-bond donors (Lipinski definition) is 0. The molecule has 0 aliphatic carbocycles. The number of amides is 2. The van der Waals surface area contributed by atoms with Crippen molar-refractivity contribution in [3.8, 4) is 5.75 Å². The summed E-state index contributed by atoms with van der Waals surface area (Å²) < 4.78 is 5.31. The van der Waals surface area contributed by atoms with Crippen molar-refractivity contribution in [1.29, 1.82) is 0 Å². The van der Waals surface area contributed by atoms with Crippen molar-refractivity contribution in [2.75, 3.05) is 26.7 Å². The fourth-order valence-electron chi connectivity index (χ4n) is 4.27. The van der Waals surface area contributed by atoms with Gasteiger partial charge in [0.15, 0.2) is 0 Å². The minimum atomic E-state index is -0.154. The van der Waals surface area contributed by atoms with Gasteiger partial charge in [0.1, 0.15) is 12.3 Å². The van der Waals surface area contributed by atoms with Crippen LogP contribution in [-0.2, 0) is 11.2 Å². The first-order chi connectivity index (χ1) is 15.6. The third-order valence-corrected chi connectivity index (χ3v) is 6.84. The lowest BCUT2D eigenvalue weighted by Crippen LogP contribution is -2.47. The molecule has 4 rings (SSSR count).